The molecule has 0 bridgehead atoms. The molecular formula is C25H21F2N3O2. The van der Waals surface area contributed by atoms with Crippen molar-refractivity contribution in [1.82, 2.24) is 9.80 Å². The maximum atomic E-state index is 14.1. The first kappa shape index (κ1) is 20.2. The molecule has 0 unspecified atom stereocenters. The van der Waals surface area contributed by atoms with Gasteiger partial charge in [-0.3, -0.25) is 4.79 Å². The smallest absolute Gasteiger partial charge is 0.259 e. The first-order valence-corrected chi connectivity index (χ1v) is 10.5. The van der Waals surface area contributed by atoms with Gasteiger partial charge in [0.2, 0.25) is 0 Å². The summed E-state index contributed by atoms with van der Waals surface area (Å²) < 4.78 is 34.4. The maximum absolute atomic E-state index is 14.1. The lowest BCUT2D eigenvalue weighted by atomic mass is 10.1. The molecule has 2 aliphatic rings. The Bertz CT molecular complexity index is 1190. The lowest BCUT2D eigenvalue weighted by Crippen LogP contribution is -2.38. The molecule has 1 saturated heterocycles. The highest BCUT2D eigenvalue weighted by atomic mass is 19.1. The second-order valence-electron chi connectivity index (χ2n) is 7.73. The van der Waals surface area contributed by atoms with Gasteiger partial charge in [0.15, 0.2) is 5.75 Å². The molecule has 2 aliphatic heterocycles. The van der Waals surface area contributed by atoms with E-state index in [0.29, 0.717) is 44.1 Å². The lowest BCUT2D eigenvalue weighted by Gasteiger charge is -2.25. The molecule has 0 atom stereocenters. The highest BCUT2D eigenvalue weighted by Crippen LogP contribution is 2.37. The maximum Gasteiger partial charge on any atom is 0.259 e. The number of halogens is 2. The van der Waals surface area contributed by atoms with Gasteiger partial charge >= 0.3 is 0 Å². The number of hydrogen-bond donors (Lipinski definition) is 0. The van der Waals surface area contributed by atoms with E-state index in [2.05, 4.69) is 4.90 Å². The molecule has 0 aliphatic carbocycles. The van der Waals surface area contributed by atoms with Gasteiger partial charge in [-0.1, -0.05) is 30.3 Å². The number of para-hydroxylation sites is 3. The Kier molecular flexibility index (Phi) is 5.31. The fourth-order valence-electron chi connectivity index (χ4n) is 4.10. The van der Waals surface area contributed by atoms with Crippen molar-refractivity contribution >= 4 is 17.4 Å². The van der Waals surface area contributed by atoms with Crippen LogP contribution < -0.4 is 4.74 Å². The minimum absolute atomic E-state index is 0.330. The fraction of sp³-hybridized carbons (Fsp3) is 0.200. The normalized spacial score (nSPS) is 15.6. The van der Waals surface area contributed by atoms with E-state index in [1.807, 2.05) is 48.5 Å². The SMILES string of the molecule is O=C(c1c(F)cccc1F)N1CCCN(C2=Nc3ccccc3Oc3ccccc32)CC1. The molecule has 2 heterocycles. The van der Waals surface area contributed by atoms with E-state index in [0.717, 1.165) is 29.2 Å². The molecule has 0 aromatic heterocycles. The van der Waals surface area contributed by atoms with E-state index in [1.165, 1.54) is 11.0 Å². The van der Waals surface area contributed by atoms with Gasteiger partial charge in [-0.15, -0.1) is 0 Å². The summed E-state index contributed by atoms with van der Waals surface area (Å²) in [7, 11) is 0. The Labute approximate surface area is 184 Å². The summed E-state index contributed by atoms with van der Waals surface area (Å²) in [6.45, 7) is 1.87. The van der Waals surface area contributed by atoms with E-state index >= 15 is 0 Å². The monoisotopic (exact) mass is 433 g/mol. The number of carbonyl (C=O) groups excluding carboxylic acids is 1. The third kappa shape index (κ3) is 3.70. The number of carbonyl (C=O) groups is 1. The van der Waals surface area contributed by atoms with Crippen LogP contribution in [0.1, 0.15) is 22.3 Å². The van der Waals surface area contributed by atoms with E-state index in [4.69, 9.17) is 9.73 Å². The van der Waals surface area contributed by atoms with Crippen molar-refractivity contribution in [3.8, 4) is 11.5 Å². The number of ether oxygens (including phenoxy) is 1. The summed E-state index contributed by atoms with van der Waals surface area (Å²) in [6.07, 6.45) is 0.644. The van der Waals surface area contributed by atoms with Gasteiger partial charge in [-0.05, 0) is 42.8 Å². The molecular weight excluding hydrogens is 412 g/mol. The fourth-order valence-corrected chi connectivity index (χ4v) is 4.10. The van der Waals surface area contributed by atoms with Gasteiger partial charge in [0.05, 0.1) is 5.56 Å². The second-order valence-corrected chi connectivity index (χ2v) is 7.73. The first-order chi connectivity index (χ1) is 15.6. The van der Waals surface area contributed by atoms with Crippen LogP contribution in [0, 0.1) is 11.6 Å². The number of aliphatic imine (C=N–C) groups is 1. The molecule has 0 saturated carbocycles. The van der Waals surface area contributed by atoms with Crippen LogP contribution >= 0.6 is 0 Å². The standard InChI is InChI=1S/C25H21F2N3O2/c26-18-8-5-9-19(27)23(18)25(31)30-14-6-13-29(15-16-30)24-17-7-1-3-11-21(17)32-22-12-4-2-10-20(22)28-24/h1-5,7-12H,6,13-16H2. The molecule has 32 heavy (non-hydrogen) atoms. The Morgan fingerprint density at radius 3 is 2.34 bits per heavy atom. The Morgan fingerprint density at radius 2 is 1.53 bits per heavy atom. The van der Waals surface area contributed by atoms with Gasteiger partial charge in [0.25, 0.3) is 5.91 Å². The Balaban J connectivity index is 1.44. The van der Waals surface area contributed by atoms with E-state index in [-0.39, 0.29) is 0 Å². The average Bonchev–Trinajstić information content (AvgIpc) is 3.13. The zero-order valence-corrected chi connectivity index (χ0v) is 17.3. The second kappa shape index (κ2) is 8.42. The molecule has 162 valence electrons. The molecule has 5 nitrogen and oxygen atoms in total. The highest BCUT2D eigenvalue weighted by Gasteiger charge is 2.28. The van der Waals surface area contributed by atoms with E-state index in [1.54, 1.807) is 0 Å². The van der Waals surface area contributed by atoms with Crippen molar-refractivity contribution in [2.45, 2.75) is 6.42 Å². The number of amidine groups is 1. The average molecular weight is 433 g/mol. The highest BCUT2D eigenvalue weighted by molar-refractivity contribution is 6.03. The summed E-state index contributed by atoms with van der Waals surface area (Å²) in [6, 6.07) is 18.8. The van der Waals surface area contributed by atoms with Crippen molar-refractivity contribution in [1.29, 1.82) is 0 Å². The van der Waals surface area contributed by atoms with Crippen LogP contribution in [-0.4, -0.2) is 47.7 Å². The number of rotatable bonds is 1. The molecule has 1 fully saturated rings. The summed E-state index contributed by atoms with van der Waals surface area (Å²) in [5.74, 6) is -0.159. The molecule has 0 spiro atoms. The quantitative estimate of drug-likeness (QED) is 0.543. The van der Waals surface area contributed by atoms with E-state index < -0.39 is 23.1 Å². The third-order valence-corrected chi connectivity index (χ3v) is 5.70. The van der Waals surface area contributed by atoms with Gasteiger partial charge in [0, 0.05) is 26.2 Å². The lowest BCUT2D eigenvalue weighted by molar-refractivity contribution is 0.0754. The topological polar surface area (TPSA) is 45.1 Å². The number of fused-ring (bicyclic) bond motifs is 2. The van der Waals surface area contributed by atoms with Gasteiger partial charge in [0.1, 0.15) is 34.5 Å². The van der Waals surface area contributed by atoms with Crippen molar-refractivity contribution in [2.75, 3.05) is 26.2 Å². The molecule has 1 amide bonds. The molecule has 0 radical (unpaired) electrons. The van der Waals surface area contributed by atoms with Crippen molar-refractivity contribution < 1.29 is 18.3 Å². The molecule has 5 rings (SSSR count). The van der Waals surface area contributed by atoms with Crippen molar-refractivity contribution in [3.05, 3.63) is 89.5 Å². The predicted octanol–water partition coefficient (Wildman–Crippen LogP) is 5.00. The van der Waals surface area contributed by atoms with E-state index in [9.17, 15) is 13.6 Å². The number of benzene rings is 3. The number of hydrogen-bond acceptors (Lipinski definition) is 4. The summed E-state index contributed by atoms with van der Waals surface area (Å²) >= 11 is 0. The van der Waals surface area contributed by atoms with Crippen molar-refractivity contribution in [3.63, 3.8) is 0 Å². The molecule has 0 N–H and O–H groups in total. The summed E-state index contributed by atoms with van der Waals surface area (Å²) in [5.41, 5.74) is 1.09. The van der Waals surface area contributed by atoms with Crippen LogP contribution in [-0.2, 0) is 0 Å². The Morgan fingerprint density at radius 1 is 0.812 bits per heavy atom. The van der Waals surface area contributed by atoms with Gasteiger partial charge in [-0.25, -0.2) is 13.8 Å². The first-order valence-electron chi connectivity index (χ1n) is 10.5. The predicted molar refractivity (Wildman–Crippen MR) is 118 cm³/mol. The zero-order valence-electron chi connectivity index (χ0n) is 17.3. The molecule has 3 aromatic carbocycles. The van der Waals surface area contributed by atoms with Crippen molar-refractivity contribution in [2.24, 2.45) is 4.99 Å². The van der Waals surface area contributed by atoms with Crippen LogP contribution in [0.25, 0.3) is 0 Å². The largest absolute Gasteiger partial charge is 0.454 e. The third-order valence-electron chi connectivity index (χ3n) is 5.70. The molecule has 3 aromatic rings. The van der Waals surface area contributed by atoms with Crippen LogP contribution in [0.15, 0.2) is 71.7 Å². The van der Waals surface area contributed by atoms with Gasteiger partial charge < -0.3 is 14.5 Å². The minimum atomic E-state index is -0.841. The van der Waals surface area contributed by atoms with Crippen LogP contribution in [0.3, 0.4) is 0 Å². The number of amides is 1. The van der Waals surface area contributed by atoms with Crippen LogP contribution in [0.5, 0.6) is 11.5 Å². The summed E-state index contributed by atoms with van der Waals surface area (Å²) in [4.78, 5) is 21.4. The minimum Gasteiger partial charge on any atom is -0.454 e. The number of nitrogens with zero attached hydrogens (tertiary/aromatic N) is 3. The summed E-state index contributed by atoms with van der Waals surface area (Å²) in [5, 5.41) is 0. The van der Waals surface area contributed by atoms with Crippen LogP contribution in [0.2, 0.25) is 0 Å². The van der Waals surface area contributed by atoms with Crippen LogP contribution in [0.4, 0.5) is 14.5 Å². The zero-order chi connectivity index (χ0) is 22.1. The Hall–Kier alpha value is -3.74. The molecule has 7 heteroatoms. The van der Waals surface area contributed by atoms with Gasteiger partial charge in [-0.2, -0.15) is 0 Å².